The lowest BCUT2D eigenvalue weighted by molar-refractivity contribution is 0.0948. The number of methoxy groups -OCH3 is 1. The van der Waals surface area contributed by atoms with E-state index in [0.29, 0.717) is 24.7 Å². The number of carbonyl (C=O) groups excluding carboxylic acids is 1. The van der Waals surface area contributed by atoms with Crippen molar-refractivity contribution in [3.63, 3.8) is 0 Å². The Hall–Kier alpha value is -2.38. The number of para-hydroxylation sites is 1. The number of hydrogen-bond acceptors (Lipinski definition) is 6. The summed E-state index contributed by atoms with van der Waals surface area (Å²) in [5, 5.41) is 2.81. The highest BCUT2D eigenvalue weighted by molar-refractivity contribution is 5.91. The van der Waals surface area contributed by atoms with Gasteiger partial charge in [0.2, 0.25) is 5.89 Å². The molecular formula is C20H28N4O3. The zero-order valence-corrected chi connectivity index (χ0v) is 16.1. The summed E-state index contributed by atoms with van der Waals surface area (Å²) in [5.74, 6) is 1.36. The van der Waals surface area contributed by atoms with Gasteiger partial charge in [-0.3, -0.25) is 14.6 Å². The van der Waals surface area contributed by atoms with Crippen molar-refractivity contribution in [2.45, 2.75) is 26.4 Å². The van der Waals surface area contributed by atoms with Crippen molar-refractivity contribution < 1.29 is 13.9 Å². The average Bonchev–Trinajstić information content (AvgIpc) is 3.16. The fourth-order valence-electron chi connectivity index (χ4n) is 3.19. The first kappa shape index (κ1) is 19.4. The van der Waals surface area contributed by atoms with E-state index in [0.717, 1.165) is 44.9 Å². The van der Waals surface area contributed by atoms with Crippen LogP contribution in [0.1, 0.15) is 35.3 Å². The number of rotatable bonds is 8. The van der Waals surface area contributed by atoms with Gasteiger partial charge in [0.15, 0.2) is 5.69 Å². The Labute approximate surface area is 160 Å². The van der Waals surface area contributed by atoms with E-state index in [1.807, 2.05) is 25.1 Å². The number of nitrogens with zero attached hydrogens (tertiary/aromatic N) is 3. The summed E-state index contributed by atoms with van der Waals surface area (Å²) in [5.41, 5.74) is 1.57. The van der Waals surface area contributed by atoms with Crippen molar-refractivity contribution in [2.24, 2.45) is 0 Å². The molecule has 1 aliphatic rings. The Balaban J connectivity index is 1.47. The molecule has 2 aromatic rings. The van der Waals surface area contributed by atoms with E-state index in [1.165, 1.54) is 11.8 Å². The van der Waals surface area contributed by atoms with Gasteiger partial charge in [-0.2, -0.15) is 0 Å². The monoisotopic (exact) mass is 372 g/mol. The van der Waals surface area contributed by atoms with Crippen LogP contribution in [0.15, 0.2) is 34.9 Å². The van der Waals surface area contributed by atoms with Gasteiger partial charge in [0.05, 0.1) is 13.7 Å². The number of benzene rings is 1. The van der Waals surface area contributed by atoms with E-state index < -0.39 is 0 Å². The number of amides is 1. The predicted molar refractivity (Wildman–Crippen MR) is 103 cm³/mol. The standard InChI is InChI=1S/C20H28N4O3/c1-3-8-21-20(25)17-15-27-19(22-17)14-24-11-9-23(10-12-24)13-16-6-4-5-7-18(16)26-2/h4-7,15H,3,8-14H2,1-2H3,(H,21,25). The lowest BCUT2D eigenvalue weighted by Crippen LogP contribution is -2.45. The summed E-state index contributed by atoms with van der Waals surface area (Å²) in [6, 6.07) is 8.16. The number of hydrogen-bond donors (Lipinski definition) is 1. The Kier molecular flexibility index (Phi) is 6.84. The van der Waals surface area contributed by atoms with Crippen molar-refractivity contribution in [1.29, 1.82) is 0 Å². The number of aromatic nitrogens is 1. The zero-order chi connectivity index (χ0) is 19.1. The summed E-state index contributed by atoms with van der Waals surface area (Å²) >= 11 is 0. The molecule has 2 heterocycles. The Bertz CT molecular complexity index is 738. The van der Waals surface area contributed by atoms with Crippen LogP contribution in [0.2, 0.25) is 0 Å². The second kappa shape index (κ2) is 9.53. The first-order chi connectivity index (χ1) is 13.2. The SMILES string of the molecule is CCCNC(=O)c1coc(CN2CCN(Cc3ccccc3OC)CC2)n1. The third kappa shape index (κ3) is 5.30. The van der Waals surface area contributed by atoms with Crippen molar-refractivity contribution in [3.8, 4) is 5.75 Å². The lowest BCUT2D eigenvalue weighted by Gasteiger charge is -2.34. The van der Waals surface area contributed by atoms with Gasteiger partial charge in [0.25, 0.3) is 5.91 Å². The molecule has 0 bridgehead atoms. The summed E-state index contributed by atoms with van der Waals surface area (Å²) in [4.78, 5) is 21.0. The van der Waals surface area contributed by atoms with Crippen LogP contribution in [0, 0.1) is 0 Å². The molecule has 7 nitrogen and oxygen atoms in total. The van der Waals surface area contributed by atoms with Crippen molar-refractivity contribution >= 4 is 5.91 Å². The molecule has 1 aromatic heterocycles. The largest absolute Gasteiger partial charge is 0.496 e. The smallest absolute Gasteiger partial charge is 0.273 e. The molecule has 0 spiro atoms. The first-order valence-electron chi connectivity index (χ1n) is 9.48. The highest BCUT2D eigenvalue weighted by atomic mass is 16.5. The van der Waals surface area contributed by atoms with E-state index >= 15 is 0 Å². The van der Waals surface area contributed by atoms with Crippen LogP contribution in [0.3, 0.4) is 0 Å². The zero-order valence-electron chi connectivity index (χ0n) is 16.1. The number of ether oxygens (including phenoxy) is 1. The fraction of sp³-hybridized carbons (Fsp3) is 0.500. The molecule has 0 saturated carbocycles. The van der Waals surface area contributed by atoms with Crippen LogP contribution in [0.25, 0.3) is 0 Å². The highest BCUT2D eigenvalue weighted by Gasteiger charge is 2.20. The summed E-state index contributed by atoms with van der Waals surface area (Å²) in [6.45, 7) is 8.01. The second-order valence-corrected chi connectivity index (χ2v) is 6.75. The second-order valence-electron chi connectivity index (χ2n) is 6.75. The van der Waals surface area contributed by atoms with Gasteiger partial charge in [0.1, 0.15) is 12.0 Å². The highest BCUT2D eigenvalue weighted by Crippen LogP contribution is 2.20. The number of oxazole rings is 1. The van der Waals surface area contributed by atoms with Crippen LogP contribution < -0.4 is 10.1 Å². The molecule has 1 aromatic carbocycles. The van der Waals surface area contributed by atoms with E-state index in [4.69, 9.17) is 9.15 Å². The van der Waals surface area contributed by atoms with Gasteiger partial charge in [-0.15, -0.1) is 0 Å². The predicted octanol–water partition coefficient (Wildman–Crippen LogP) is 2.14. The normalized spacial score (nSPS) is 15.6. The molecular weight excluding hydrogens is 344 g/mol. The van der Waals surface area contributed by atoms with E-state index in [2.05, 4.69) is 26.2 Å². The van der Waals surface area contributed by atoms with Gasteiger partial charge >= 0.3 is 0 Å². The topological polar surface area (TPSA) is 70.8 Å². The average molecular weight is 372 g/mol. The lowest BCUT2D eigenvalue weighted by atomic mass is 10.1. The first-order valence-corrected chi connectivity index (χ1v) is 9.48. The Morgan fingerprint density at radius 2 is 1.89 bits per heavy atom. The van der Waals surface area contributed by atoms with E-state index in [9.17, 15) is 4.79 Å². The van der Waals surface area contributed by atoms with E-state index in [1.54, 1.807) is 7.11 Å². The molecule has 0 unspecified atom stereocenters. The van der Waals surface area contributed by atoms with Gasteiger partial charge in [-0.25, -0.2) is 4.98 Å². The van der Waals surface area contributed by atoms with Crippen LogP contribution in [0.5, 0.6) is 5.75 Å². The maximum absolute atomic E-state index is 11.9. The molecule has 1 amide bonds. The molecule has 146 valence electrons. The number of nitrogens with one attached hydrogen (secondary N) is 1. The molecule has 1 aliphatic heterocycles. The van der Waals surface area contributed by atoms with Gasteiger partial charge in [-0.1, -0.05) is 25.1 Å². The maximum Gasteiger partial charge on any atom is 0.273 e. The molecule has 27 heavy (non-hydrogen) atoms. The minimum atomic E-state index is -0.173. The Morgan fingerprint density at radius 1 is 1.19 bits per heavy atom. The molecule has 1 fully saturated rings. The van der Waals surface area contributed by atoms with Crippen LogP contribution >= 0.6 is 0 Å². The van der Waals surface area contributed by atoms with Crippen LogP contribution in [-0.2, 0) is 13.1 Å². The Morgan fingerprint density at radius 3 is 2.59 bits per heavy atom. The van der Waals surface area contributed by atoms with Gasteiger partial charge in [0, 0.05) is 44.8 Å². The quantitative estimate of drug-likeness (QED) is 0.766. The third-order valence-electron chi connectivity index (χ3n) is 4.73. The maximum atomic E-state index is 11.9. The summed E-state index contributed by atoms with van der Waals surface area (Å²) in [6.07, 6.45) is 2.34. The third-order valence-corrected chi connectivity index (χ3v) is 4.73. The molecule has 3 rings (SSSR count). The molecule has 0 aliphatic carbocycles. The van der Waals surface area contributed by atoms with Crippen LogP contribution in [-0.4, -0.2) is 60.5 Å². The fourth-order valence-corrected chi connectivity index (χ4v) is 3.19. The molecule has 0 atom stereocenters. The van der Waals surface area contributed by atoms with E-state index in [-0.39, 0.29) is 5.91 Å². The minimum Gasteiger partial charge on any atom is -0.496 e. The van der Waals surface area contributed by atoms with Crippen molar-refractivity contribution in [3.05, 3.63) is 47.7 Å². The number of piperazine rings is 1. The molecule has 0 radical (unpaired) electrons. The van der Waals surface area contributed by atoms with Crippen molar-refractivity contribution in [1.82, 2.24) is 20.1 Å². The van der Waals surface area contributed by atoms with Crippen LogP contribution in [0.4, 0.5) is 0 Å². The van der Waals surface area contributed by atoms with Gasteiger partial charge in [-0.05, 0) is 12.5 Å². The summed E-state index contributed by atoms with van der Waals surface area (Å²) in [7, 11) is 1.71. The molecule has 1 N–H and O–H groups in total. The summed E-state index contributed by atoms with van der Waals surface area (Å²) < 4.78 is 10.9. The minimum absolute atomic E-state index is 0.173. The van der Waals surface area contributed by atoms with Gasteiger partial charge < -0.3 is 14.5 Å². The molecule has 7 heteroatoms. The number of carbonyl (C=O) groups is 1. The molecule has 1 saturated heterocycles. The van der Waals surface area contributed by atoms with Crippen molar-refractivity contribution in [2.75, 3.05) is 39.8 Å².